The van der Waals surface area contributed by atoms with Crippen LogP contribution in [0.25, 0.3) is 11.4 Å². The summed E-state index contributed by atoms with van der Waals surface area (Å²) in [5, 5.41) is 12.7. The van der Waals surface area contributed by atoms with Gasteiger partial charge < -0.3 is 9.88 Å². The lowest BCUT2D eigenvalue weighted by Gasteiger charge is -2.10. The Morgan fingerprint density at radius 2 is 1.82 bits per heavy atom. The molecule has 0 spiro atoms. The van der Waals surface area contributed by atoms with Gasteiger partial charge in [-0.15, -0.1) is 10.2 Å². The van der Waals surface area contributed by atoms with Crippen molar-refractivity contribution < 1.29 is 4.79 Å². The molecule has 3 rings (SSSR count). The summed E-state index contributed by atoms with van der Waals surface area (Å²) in [6.07, 6.45) is 1.10. The van der Waals surface area contributed by atoms with Crippen molar-refractivity contribution in [2.75, 3.05) is 11.1 Å². The van der Waals surface area contributed by atoms with Gasteiger partial charge in [-0.3, -0.25) is 4.79 Å². The summed E-state index contributed by atoms with van der Waals surface area (Å²) >= 11 is 7.29. The number of carbonyl (C=O) groups excluding carboxylic acids is 1. The van der Waals surface area contributed by atoms with E-state index < -0.39 is 0 Å². The number of nitrogens with zero attached hydrogens (tertiary/aromatic N) is 3. The second-order valence-corrected chi connectivity index (χ2v) is 8.02. The maximum absolute atomic E-state index is 12.3. The number of hydrogen-bond donors (Lipinski definition) is 1. The molecule has 0 radical (unpaired) electrons. The fourth-order valence-electron chi connectivity index (χ4n) is 2.75. The van der Waals surface area contributed by atoms with Gasteiger partial charge in [-0.25, -0.2) is 0 Å². The number of thioether (sulfide) groups is 1. The molecule has 1 aromatic heterocycles. The van der Waals surface area contributed by atoms with E-state index in [0.29, 0.717) is 16.1 Å². The van der Waals surface area contributed by atoms with Gasteiger partial charge in [0.05, 0.1) is 5.75 Å². The first kappa shape index (κ1) is 20.4. The van der Waals surface area contributed by atoms with Gasteiger partial charge in [0, 0.05) is 23.3 Å². The van der Waals surface area contributed by atoms with E-state index >= 15 is 0 Å². The van der Waals surface area contributed by atoms with Crippen LogP contribution in [0.1, 0.15) is 31.7 Å². The zero-order valence-electron chi connectivity index (χ0n) is 16.1. The second-order valence-electron chi connectivity index (χ2n) is 6.64. The van der Waals surface area contributed by atoms with Gasteiger partial charge in [0.2, 0.25) is 5.91 Å². The Kier molecular flexibility index (Phi) is 6.75. The van der Waals surface area contributed by atoms with Crippen molar-refractivity contribution in [3.63, 3.8) is 0 Å². The van der Waals surface area contributed by atoms with Crippen molar-refractivity contribution >= 4 is 35.0 Å². The van der Waals surface area contributed by atoms with Crippen LogP contribution in [0.2, 0.25) is 5.02 Å². The summed E-state index contributed by atoms with van der Waals surface area (Å²) < 4.78 is 1.88. The largest absolute Gasteiger partial charge is 0.325 e. The summed E-state index contributed by atoms with van der Waals surface area (Å²) in [6, 6.07) is 15.5. The lowest BCUT2D eigenvalue weighted by molar-refractivity contribution is -0.113. The lowest BCUT2D eigenvalue weighted by Crippen LogP contribution is -2.14. The molecule has 1 amide bonds. The molecular formula is C21H23ClN4OS. The number of benzene rings is 2. The zero-order valence-corrected chi connectivity index (χ0v) is 17.7. The summed E-state index contributed by atoms with van der Waals surface area (Å²) in [7, 11) is 1.89. The molecule has 0 saturated carbocycles. The van der Waals surface area contributed by atoms with Crippen molar-refractivity contribution in [2.24, 2.45) is 7.05 Å². The first-order valence-electron chi connectivity index (χ1n) is 9.16. The topological polar surface area (TPSA) is 59.8 Å². The van der Waals surface area contributed by atoms with E-state index in [-0.39, 0.29) is 11.7 Å². The first-order chi connectivity index (χ1) is 13.5. The van der Waals surface area contributed by atoms with Gasteiger partial charge in [-0.1, -0.05) is 49.3 Å². The average molecular weight is 415 g/mol. The third kappa shape index (κ3) is 4.94. The fourth-order valence-corrected chi connectivity index (χ4v) is 3.59. The molecule has 0 fully saturated rings. The molecule has 5 nitrogen and oxygen atoms in total. The standard InChI is InChI=1S/C21H23ClN4OS/c1-4-14(2)15-7-11-18(12-8-15)23-19(27)13-28-21-25-24-20(26(21)3)16-5-9-17(22)10-6-16/h5-12,14H,4,13H2,1-3H3,(H,23,27). The highest BCUT2D eigenvalue weighted by atomic mass is 35.5. The van der Waals surface area contributed by atoms with E-state index in [0.717, 1.165) is 23.5 Å². The highest BCUT2D eigenvalue weighted by Crippen LogP contribution is 2.24. The number of hydrogen-bond acceptors (Lipinski definition) is 4. The van der Waals surface area contributed by atoms with E-state index in [4.69, 9.17) is 11.6 Å². The van der Waals surface area contributed by atoms with Gasteiger partial charge in [-0.05, 0) is 54.3 Å². The van der Waals surface area contributed by atoms with Gasteiger partial charge in [0.1, 0.15) is 0 Å². The van der Waals surface area contributed by atoms with Crippen molar-refractivity contribution in [1.82, 2.24) is 14.8 Å². The monoisotopic (exact) mass is 414 g/mol. The average Bonchev–Trinajstić information content (AvgIpc) is 3.07. The molecule has 1 heterocycles. The first-order valence-corrected chi connectivity index (χ1v) is 10.5. The molecule has 2 aromatic carbocycles. The third-order valence-electron chi connectivity index (χ3n) is 4.65. The van der Waals surface area contributed by atoms with Gasteiger partial charge in [-0.2, -0.15) is 0 Å². The molecule has 0 aliphatic heterocycles. The van der Waals surface area contributed by atoms with Crippen LogP contribution in [-0.4, -0.2) is 26.4 Å². The number of amides is 1. The minimum absolute atomic E-state index is 0.0719. The van der Waals surface area contributed by atoms with E-state index in [9.17, 15) is 4.79 Å². The number of carbonyl (C=O) groups is 1. The molecular weight excluding hydrogens is 392 g/mol. The molecule has 0 bridgehead atoms. The molecule has 28 heavy (non-hydrogen) atoms. The predicted octanol–water partition coefficient (Wildman–Crippen LogP) is 5.38. The second kappa shape index (κ2) is 9.26. The number of anilines is 1. The molecule has 1 atom stereocenters. The summed E-state index contributed by atoms with van der Waals surface area (Å²) in [5.74, 6) is 1.45. The molecule has 146 valence electrons. The number of aromatic nitrogens is 3. The van der Waals surface area contributed by atoms with Crippen LogP contribution in [0, 0.1) is 0 Å². The molecule has 3 aromatic rings. The van der Waals surface area contributed by atoms with Crippen LogP contribution < -0.4 is 5.32 Å². The SMILES string of the molecule is CCC(C)c1ccc(NC(=O)CSc2nnc(-c3ccc(Cl)cc3)n2C)cc1. The Morgan fingerprint density at radius 3 is 2.46 bits per heavy atom. The molecule has 1 unspecified atom stereocenters. The van der Waals surface area contributed by atoms with E-state index in [1.165, 1.54) is 17.3 Å². The minimum Gasteiger partial charge on any atom is -0.325 e. The highest BCUT2D eigenvalue weighted by Gasteiger charge is 2.13. The normalized spacial score (nSPS) is 12.0. The van der Waals surface area contributed by atoms with E-state index in [1.807, 2.05) is 48.0 Å². The lowest BCUT2D eigenvalue weighted by atomic mass is 9.99. The third-order valence-corrected chi connectivity index (χ3v) is 5.92. The summed E-state index contributed by atoms with van der Waals surface area (Å²) in [6.45, 7) is 4.37. The van der Waals surface area contributed by atoms with Crippen LogP contribution in [0.3, 0.4) is 0 Å². The Hall–Kier alpha value is -2.31. The quantitative estimate of drug-likeness (QED) is 0.527. The van der Waals surface area contributed by atoms with Gasteiger partial charge >= 0.3 is 0 Å². The van der Waals surface area contributed by atoms with Crippen LogP contribution in [-0.2, 0) is 11.8 Å². The zero-order chi connectivity index (χ0) is 20.1. The van der Waals surface area contributed by atoms with Crippen LogP contribution in [0.4, 0.5) is 5.69 Å². The number of rotatable bonds is 7. The van der Waals surface area contributed by atoms with Crippen molar-refractivity contribution in [2.45, 2.75) is 31.3 Å². The van der Waals surface area contributed by atoms with Gasteiger partial charge in [0.15, 0.2) is 11.0 Å². The highest BCUT2D eigenvalue weighted by molar-refractivity contribution is 7.99. The molecule has 0 aliphatic carbocycles. The van der Waals surface area contributed by atoms with Crippen LogP contribution >= 0.6 is 23.4 Å². The minimum atomic E-state index is -0.0719. The van der Waals surface area contributed by atoms with E-state index in [2.05, 4.69) is 41.5 Å². The molecule has 0 aliphatic rings. The number of nitrogens with one attached hydrogen (secondary N) is 1. The Morgan fingerprint density at radius 1 is 1.14 bits per heavy atom. The molecule has 1 N–H and O–H groups in total. The maximum atomic E-state index is 12.3. The summed E-state index contributed by atoms with van der Waals surface area (Å²) in [5.41, 5.74) is 3.01. The van der Waals surface area contributed by atoms with Crippen molar-refractivity contribution in [1.29, 1.82) is 0 Å². The van der Waals surface area contributed by atoms with Gasteiger partial charge in [0.25, 0.3) is 0 Å². The molecule has 0 saturated heterocycles. The Balaban J connectivity index is 1.58. The number of halogens is 1. The van der Waals surface area contributed by atoms with Crippen LogP contribution in [0.5, 0.6) is 0 Å². The molecule has 7 heteroatoms. The Labute approximate surface area is 174 Å². The van der Waals surface area contributed by atoms with E-state index in [1.54, 1.807) is 0 Å². The Bertz CT molecular complexity index is 938. The van der Waals surface area contributed by atoms with Crippen molar-refractivity contribution in [3.8, 4) is 11.4 Å². The van der Waals surface area contributed by atoms with Crippen molar-refractivity contribution in [3.05, 3.63) is 59.1 Å². The van der Waals surface area contributed by atoms with Crippen LogP contribution in [0.15, 0.2) is 53.7 Å². The maximum Gasteiger partial charge on any atom is 0.234 e. The fraction of sp³-hybridized carbons (Fsp3) is 0.286. The summed E-state index contributed by atoms with van der Waals surface area (Å²) in [4.78, 5) is 12.3. The predicted molar refractivity (Wildman–Crippen MR) is 116 cm³/mol. The smallest absolute Gasteiger partial charge is 0.234 e.